The molecule has 0 saturated carbocycles. The number of allylic oxidation sites excluding steroid dienone is 8. The van der Waals surface area contributed by atoms with E-state index in [1.54, 1.807) is 6.08 Å². The molecule has 0 bridgehead atoms. The summed E-state index contributed by atoms with van der Waals surface area (Å²) >= 11 is 0. The van der Waals surface area contributed by atoms with Gasteiger partial charge in [-0.2, -0.15) is 0 Å². The first-order valence-corrected chi connectivity index (χ1v) is 3.86. The maximum Gasteiger partial charge on any atom is -0.0313 e. The smallest absolute Gasteiger partial charge is 0.0313 e. The summed E-state index contributed by atoms with van der Waals surface area (Å²) in [5.41, 5.74) is 0. The number of rotatable bonds is 4. The summed E-state index contributed by atoms with van der Waals surface area (Å²) in [7, 11) is 0. The molecule has 0 aromatic rings. The highest BCUT2D eigenvalue weighted by molar-refractivity contribution is 5.15. The Morgan fingerprint density at radius 2 is 1.45 bits per heavy atom. The zero-order valence-electron chi connectivity index (χ0n) is 7.03. The second-order valence-electron chi connectivity index (χ2n) is 2.03. The van der Waals surface area contributed by atoms with Crippen LogP contribution in [0.25, 0.3) is 0 Å². The van der Waals surface area contributed by atoms with Gasteiger partial charge in [0, 0.05) is 0 Å². The minimum atomic E-state index is 1.09. The largest absolute Gasteiger partial charge is 0.0848 e. The van der Waals surface area contributed by atoms with E-state index in [1.165, 1.54) is 0 Å². The van der Waals surface area contributed by atoms with Crippen LogP contribution in [0.1, 0.15) is 13.3 Å². The molecular formula is C11H15. The monoisotopic (exact) mass is 147 g/mol. The van der Waals surface area contributed by atoms with Crippen LogP contribution < -0.4 is 0 Å². The van der Waals surface area contributed by atoms with Crippen molar-refractivity contribution in [3.63, 3.8) is 0 Å². The molecule has 0 aromatic heterocycles. The summed E-state index contributed by atoms with van der Waals surface area (Å²) in [4.78, 5) is 0. The van der Waals surface area contributed by atoms with Crippen LogP contribution in [0.15, 0.2) is 48.6 Å². The van der Waals surface area contributed by atoms with Crippen LogP contribution in [0, 0.1) is 6.92 Å². The molecule has 0 N–H and O–H groups in total. The van der Waals surface area contributed by atoms with Crippen molar-refractivity contribution < 1.29 is 0 Å². The minimum absolute atomic E-state index is 1.09. The Balaban J connectivity index is 3.51. The molecule has 0 heteroatoms. The van der Waals surface area contributed by atoms with Crippen LogP contribution in [0.5, 0.6) is 0 Å². The molecule has 0 aliphatic carbocycles. The zero-order chi connectivity index (χ0) is 8.36. The molecule has 0 fully saturated rings. The van der Waals surface area contributed by atoms with Gasteiger partial charge in [-0.3, -0.25) is 0 Å². The van der Waals surface area contributed by atoms with E-state index in [0.717, 1.165) is 6.42 Å². The second-order valence-corrected chi connectivity index (χ2v) is 2.03. The van der Waals surface area contributed by atoms with Crippen molar-refractivity contribution in [2.45, 2.75) is 13.3 Å². The Bertz CT molecular complexity index is 168. The Morgan fingerprint density at radius 3 is 2.00 bits per heavy atom. The SMILES string of the molecule is [CH2]/C=C/C=C/C=C/C=C/CC. The predicted molar refractivity (Wildman–Crippen MR) is 52.2 cm³/mol. The third kappa shape index (κ3) is 8.96. The highest BCUT2D eigenvalue weighted by Crippen LogP contribution is 1.83. The van der Waals surface area contributed by atoms with Crippen LogP contribution in [0.4, 0.5) is 0 Å². The molecule has 0 atom stereocenters. The van der Waals surface area contributed by atoms with Gasteiger partial charge in [0.2, 0.25) is 0 Å². The zero-order valence-corrected chi connectivity index (χ0v) is 7.03. The van der Waals surface area contributed by atoms with Crippen molar-refractivity contribution in [2.75, 3.05) is 0 Å². The Kier molecular flexibility index (Phi) is 8.11. The molecular weight excluding hydrogens is 132 g/mol. The Morgan fingerprint density at radius 1 is 0.909 bits per heavy atom. The lowest BCUT2D eigenvalue weighted by molar-refractivity contribution is 1.22. The first-order chi connectivity index (χ1) is 5.41. The molecule has 0 heterocycles. The summed E-state index contributed by atoms with van der Waals surface area (Å²) in [6, 6.07) is 0. The van der Waals surface area contributed by atoms with Gasteiger partial charge in [-0.25, -0.2) is 0 Å². The first kappa shape index (κ1) is 9.96. The van der Waals surface area contributed by atoms with Gasteiger partial charge < -0.3 is 0 Å². The van der Waals surface area contributed by atoms with Gasteiger partial charge in [0.1, 0.15) is 0 Å². The quantitative estimate of drug-likeness (QED) is 0.534. The second kappa shape index (κ2) is 8.96. The van der Waals surface area contributed by atoms with Gasteiger partial charge in [-0.15, -0.1) is 0 Å². The first-order valence-electron chi connectivity index (χ1n) is 3.86. The molecule has 11 heavy (non-hydrogen) atoms. The third-order valence-electron chi connectivity index (χ3n) is 1.06. The van der Waals surface area contributed by atoms with Crippen LogP contribution in [-0.2, 0) is 0 Å². The fourth-order valence-electron chi connectivity index (χ4n) is 0.550. The van der Waals surface area contributed by atoms with Crippen LogP contribution in [0.2, 0.25) is 0 Å². The summed E-state index contributed by atoms with van der Waals surface area (Å²) in [5.74, 6) is 0. The predicted octanol–water partition coefficient (Wildman–Crippen LogP) is 3.46. The third-order valence-corrected chi connectivity index (χ3v) is 1.06. The van der Waals surface area contributed by atoms with Gasteiger partial charge in [-0.05, 0) is 13.3 Å². The van der Waals surface area contributed by atoms with E-state index in [4.69, 9.17) is 0 Å². The van der Waals surface area contributed by atoms with Gasteiger partial charge in [0.15, 0.2) is 0 Å². The molecule has 0 rings (SSSR count). The fourth-order valence-corrected chi connectivity index (χ4v) is 0.550. The van der Waals surface area contributed by atoms with Crippen molar-refractivity contribution in [3.8, 4) is 0 Å². The van der Waals surface area contributed by atoms with Gasteiger partial charge >= 0.3 is 0 Å². The summed E-state index contributed by atoms with van der Waals surface area (Å²) in [5, 5.41) is 0. The molecule has 0 aliphatic rings. The molecule has 0 spiro atoms. The Labute approximate surface area is 69.6 Å². The van der Waals surface area contributed by atoms with Crippen molar-refractivity contribution in [2.24, 2.45) is 0 Å². The van der Waals surface area contributed by atoms with Crippen LogP contribution in [0.3, 0.4) is 0 Å². The van der Waals surface area contributed by atoms with Crippen LogP contribution in [-0.4, -0.2) is 0 Å². The molecule has 0 nitrogen and oxygen atoms in total. The lowest BCUT2D eigenvalue weighted by Crippen LogP contribution is -1.52. The van der Waals surface area contributed by atoms with Gasteiger partial charge in [0.25, 0.3) is 0 Å². The molecule has 0 amide bonds. The van der Waals surface area contributed by atoms with Crippen molar-refractivity contribution in [1.29, 1.82) is 0 Å². The minimum Gasteiger partial charge on any atom is -0.0848 e. The van der Waals surface area contributed by atoms with Crippen LogP contribution >= 0.6 is 0 Å². The average Bonchev–Trinajstić information content (AvgIpc) is 2.03. The lowest BCUT2D eigenvalue weighted by atomic mass is 10.3. The van der Waals surface area contributed by atoms with Crippen molar-refractivity contribution in [1.82, 2.24) is 0 Å². The Hall–Kier alpha value is -1.04. The summed E-state index contributed by atoms with van der Waals surface area (Å²) in [6.07, 6.45) is 16.8. The number of hydrogen-bond acceptors (Lipinski definition) is 0. The maximum atomic E-state index is 3.56. The molecule has 0 aromatic carbocycles. The lowest BCUT2D eigenvalue weighted by Gasteiger charge is -1.74. The maximum absolute atomic E-state index is 3.56. The highest BCUT2D eigenvalue weighted by atomic mass is 13.7. The highest BCUT2D eigenvalue weighted by Gasteiger charge is 1.62. The summed E-state index contributed by atoms with van der Waals surface area (Å²) < 4.78 is 0. The topological polar surface area (TPSA) is 0 Å². The standard InChI is InChI=1S/C11H15/c1-3-5-7-9-11-10-8-6-4-2/h3,5-11H,1,4H2,2H3/b5-3+,8-6+,9-7+,11-10+. The normalized spacial score (nSPS) is 13.3. The van der Waals surface area contributed by atoms with E-state index < -0.39 is 0 Å². The average molecular weight is 147 g/mol. The van der Waals surface area contributed by atoms with E-state index in [0.29, 0.717) is 0 Å². The van der Waals surface area contributed by atoms with E-state index in [1.807, 2.05) is 36.5 Å². The molecule has 0 aliphatic heterocycles. The van der Waals surface area contributed by atoms with Crippen molar-refractivity contribution >= 4 is 0 Å². The number of hydrogen-bond donors (Lipinski definition) is 0. The van der Waals surface area contributed by atoms with Crippen molar-refractivity contribution in [3.05, 3.63) is 55.5 Å². The van der Waals surface area contributed by atoms with E-state index in [2.05, 4.69) is 19.9 Å². The molecule has 0 unspecified atom stereocenters. The van der Waals surface area contributed by atoms with E-state index >= 15 is 0 Å². The van der Waals surface area contributed by atoms with E-state index in [9.17, 15) is 0 Å². The summed E-state index contributed by atoms with van der Waals surface area (Å²) in [6.45, 7) is 5.68. The molecule has 59 valence electrons. The fraction of sp³-hybridized carbons (Fsp3) is 0.182. The molecule has 1 radical (unpaired) electrons. The van der Waals surface area contributed by atoms with Gasteiger partial charge in [-0.1, -0.05) is 55.5 Å². The van der Waals surface area contributed by atoms with Gasteiger partial charge in [0.05, 0.1) is 0 Å². The molecule has 0 saturated heterocycles. The van der Waals surface area contributed by atoms with E-state index in [-0.39, 0.29) is 0 Å².